The van der Waals surface area contributed by atoms with E-state index < -0.39 is 12.1 Å². The summed E-state index contributed by atoms with van der Waals surface area (Å²) in [4.78, 5) is 15.3. The molecule has 1 aromatic rings. The van der Waals surface area contributed by atoms with E-state index in [0.717, 1.165) is 7.11 Å². The van der Waals surface area contributed by atoms with Gasteiger partial charge in [-0.2, -0.15) is 18.2 Å². The van der Waals surface area contributed by atoms with Crippen LogP contribution < -0.4 is 5.06 Å². The number of alkyl halides is 3. The molecule has 1 amide bonds. The molecule has 1 rings (SSSR count). The van der Waals surface area contributed by atoms with Crippen LogP contribution in [0.2, 0.25) is 0 Å². The molecule has 0 heterocycles. The highest BCUT2D eigenvalue weighted by molar-refractivity contribution is 5.95. The molecule has 0 fully saturated rings. The fourth-order valence-electron chi connectivity index (χ4n) is 0.984. The first-order chi connectivity index (χ1) is 6.96. The van der Waals surface area contributed by atoms with Crippen LogP contribution in [0.4, 0.5) is 18.9 Å². The van der Waals surface area contributed by atoms with Crippen molar-refractivity contribution in [1.29, 1.82) is 0 Å². The third-order valence-corrected chi connectivity index (χ3v) is 1.60. The molecule has 0 N–H and O–H groups in total. The highest BCUT2D eigenvalue weighted by atomic mass is 19.4. The molecule has 0 aliphatic rings. The van der Waals surface area contributed by atoms with E-state index in [1.54, 1.807) is 6.07 Å². The first-order valence-corrected chi connectivity index (χ1v) is 3.97. The third kappa shape index (κ3) is 2.69. The molecule has 3 nitrogen and oxygen atoms in total. The first kappa shape index (κ1) is 11.5. The second-order valence-electron chi connectivity index (χ2n) is 2.62. The molecule has 6 heteroatoms. The number of anilines is 1. The summed E-state index contributed by atoms with van der Waals surface area (Å²) >= 11 is 0. The molecule has 0 saturated carbocycles. The Hall–Kier alpha value is -1.56. The van der Waals surface area contributed by atoms with Gasteiger partial charge in [0.1, 0.15) is 0 Å². The summed E-state index contributed by atoms with van der Waals surface area (Å²) in [6.45, 7) is 0. The second kappa shape index (κ2) is 4.31. The van der Waals surface area contributed by atoms with Crippen LogP contribution in [0.25, 0.3) is 0 Å². The van der Waals surface area contributed by atoms with Crippen LogP contribution in [0.3, 0.4) is 0 Å². The lowest BCUT2D eigenvalue weighted by Crippen LogP contribution is -2.40. The average molecular weight is 219 g/mol. The Bertz CT molecular complexity index is 337. The number of hydrogen-bond donors (Lipinski definition) is 0. The number of carbonyl (C=O) groups is 1. The van der Waals surface area contributed by atoms with Crippen LogP contribution in [0.5, 0.6) is 0 Å². The molecule has 1 aromatic carbocycles. The van der Waals surface area contributed by atoms with Crippen molar-refractivity contribution in [2.24, 2.45) is 0 Å². The predicted molar refractivity (Wildman–Crippen MR) is 47.0 cm³/mol. The maximum absolute atomic E-state index is 12.1. The molecule has 15 heavy (non-hydrogen) atoms. The maximum Gasteiger partial charge on any atom is 0.473 e. The lowest BCUT2D eigenvalue weighted by Gasteiger charge is -2.20. The Morgan fingerprint density at radius 1 is 1.27 bits per heavy atom. The minimum atomic E-state index is -4.95. The number of benzene rings is 1. The van der Waals surface area contributed by atoms with Crippen LogP contribution >= 0.6 is 0 Å². The molecule has 0 unspecified atom stereocenters. The Morgan fingerprint density at radius 3 is 2.20 bits per heavy atom. The van der Waals surface area contributed by atoms with Gasteiger partial charge in [-0.25, -0.2) is 0 Å². The Balaban J connectivity index is 2.96. The van der Waals surface area contributed by atoms with E-state index in [-0.39, 0.29) is 10.8 Å². The lowest BCUT2D eigenvalue weighted by atomic mass is 10.3. The molecule has 0 bridgehead atoms. The summed E-state index contributed by atoms with van der Waals surface area (Å²) in [6.07, 6.45) is -4.95. The highest BCUT2D eigenvalue weighted by Gasteiger charge is 2.43. The van der Waals surface area contributed by atoms with Crippen LogP contribution in [0.15, 0.2) is 30.3 Å². The molecule has 0 atom stereocenters. The molecule has 0 saturated heterocycles. The minimum absolute atomic E-state index is 0.0299. The lowest BCUT2D eigenvalue weighted by molar-refractivity contribution is -0.177. The van der Waals surface area contributed by atoms with Crippen molar-refractivity contribution >= 4 is 11.6 Å². The molecule has 82 valence electrons. The van der Waals surface area contributed by atoms with Crippen LogP contribution in [0.1, 0.15) is 0 Å². The van der Waals surface area contributed by atoms with Crippen molar-refractivity contribution < 1.29 is 22.8 Å². The smallest absolute Gasteiger partial charge is 0.269 e. The summed E-state index contributed by atoms with van der Waals surface area (Å²) in [6, 6.07) is 7.31. The zero-order valence-electron chi connectivity index (χ0n) is 7.78. The quantitative estimate of drug-likeness (QED) is 0.713. The van der Waals surface area contributed by atoms with E-state index in [0.29, 0.717) is 0 Å². The van der Waals surface area contributed by atoms with Gasteiger partial charge in [0, 0.05) is 0 Å². The zero-order valence-corrected chi connectivity index (χ0v) is 7.78. The fourth-order valence-corrected chi connectivity index (χ4v) is 0.984. The van der Waals surface area contributed by atoms with Crippen LogP contribution in [-0.2, 0) is 9.63 Å². The largest absolute Gasteiger partial charge is 0.473 e. The summed E-state index contributed by atoms with van der Waals surface area (Å²) in [5.74, 6) is -2.06. The molecular weight excluding hydrogens is 211 g/mol. The van der Waals surface area contributed by atoms with Gasteiger partial charge in [0.2, 0.25) is 0 Å². The van der Waals surface area contributed by atoms with Crippen molar-refractivity contribution in [3.05, 3.63) is 30.3 Å². The number of hydrogen-bond acceptors (Lipinski definition) is 2. The van der Waals surface area contributed by atoms with E-state index in [4.69, 9.17) is 0 Å². The van der Waals surface area contributed by atoms with Gasteiger partial charge in [0.05, 0.1) is 12.8 Å². The number of carbonyl (C=O) groups excluding carboxylic acids is 1. The number of rotatable bonds is 2. The van der Waals surface area contributed by atoms with Crippen LogP contribution in [0, 0.1) is 0 Å². The fraction of sp³-hybridized carbons (Fsp3) is 0.222. The van der Waals surface area contributed by atoms with Gasteiger partial charge >= 0.3 is 12.1 Å². The normalized spacial score (nSPS) is 11.2. The van der Waals surface area contributed by atoms with Gasteiger partial charge in [-0.1, -0.05) is 18.2 Å². The van der Waals surface area contributed by atoms with Gasteiger partial charge in [-0.05, 0) is 12.1 Å². The van der Waals surface area contributed by atoms with Crippen molar-refractivity contribution in [2.45, 2.75) is 6.18 Å². The second-order valence-corrected chi connectivity index (χ2v) is 2.62. The summed E-state index contributed by atoms with van der Waals surface area (Å²) in [7, 11) is 0.997. The molecule has 0 spiro atoms. The van der Waals surface area contributed by atoms with E-state index in [2.05, 4.69) is 4.84 Å². The molecule has 0 aromatic heterocycles. The standard InChI is InChI=1S/C9H8F3NO2/c1-15-13(8(14)9(10,11)12)7-5-3-2-4-6-7/h2-6H,1H3. The van der Waals surface area contributed by atoms with Crippen molar-refractivity contribution in [1.82, 2.24) is 0 Å². The van der Waals surface area contributed by atoms with E-state index in [1.165, 1.54) is 24.3 Å². The number of nitrogens with zero attached hydrogens (tertiary/aromatic N) is 1. The Labute approximate surface area is 84.0 Å². The molecular formula is C9H8F3NO2. The highest BCUT2D eigenvalue weighted by Crippen LogP contribution is 2.23. The van der Waals surface area contributed by atoms with Crippen LogP contribution in [-0.4, -0.2) is 19.2 Å². The number of para-hydroxylation sites is 1. The van der Waals surface area contributed by atoms with Gasteiger partial charge in [-0.3, -0.25) is 9.63 Å². The Morgan fingerprint density at radius 2 is 1.80 bits per heavy atom. The Kier molecular flexibility index (Phi) is 3.31. The van der Waals surface area contributed by atoms with E-state index in [9.17, 15) is 18.0 Å². The van der Waals surface area contributed by atoms with Crippen molar-refractivity contribution in [3.63, 3.8) is 0 Å². The summed E-state index contributed by atoms with van der Waals surface area (Å²) in [5.41, 5.74) is 0.0299. The summed E-state index contributed by atoms with van der Waals surface area (Å²) < 4.78 is 36.3. The third-order valence-electron chi connectivity index (χ3n) is 1.60. The predicted octanol–water partition coefficient (Wildman–Crippen LogP) is 2.14. The average Bonchev–Trinajstić information content (AvgIpc) is 2.19. The molecule has 0 radical (unpaired) electrons. The minimum Gasteiger partial charge on any atom is -0.269 e. The molecule has 0 aliphatic heterocycles. The van der Waals surface area contributed by atoms with Crippen molar-refractivity contribution in [2.75, 3.05) is 12.2 Å². The van der Waals surface area contributed by atoms with Gasteiger partial charge in [-0.15, -0.1) is 0 Å². The van der Waals surface area contributed by atoms with Gasteiger partial charge in [0.25, 0.3) is 0 Å². The number of amides is 1. The van der Waals surface area contributed by atoms with Crippen molar-refractivity contribution in [3.8, 4) is 0 Å². The number of halogens is 3. The SMILES string of the molecule is CON(C(=O)C(F)(F)F)c1ccccc1. The van der Waals surface area contributed by atoms with Gasteiger partial charge in [0.15, 0.2) is 0 Å². The zero-order chi connectivity index (χ0) is 11.5. The van der Waals surface area contributed by atoms with E-state index >= 15 is 0 Å². The van der Waals surface area contributed by atoms with E-state index in [1.807, 2.05) is 0 Å². The molecule has 0 aliphatic carbocycles. The van der Waals surface area contributed by atoms with Gasteiger partial charge < -0.3 is 0 Å². The topological polar surface area (TPSA) is 29.5 Å². The number of hydroxylamine groups is 1. The maximum atomic E-state index is 12.1. The summed E-state index contributed by atoms with van der Waals surface area (Å²) in [5, 5.41) is 0.194. The monoisotopic (exact) mass is 219 g/mol. The first-order valence-electron chi connectivity index (χ1n) is 3.97.